The van der Waals surface area contributed by atoms with Crippen molar-refractivity contribution in [3.63, 3.8) is 0 Å². The fourth-order valence-electron chi connectivity index (χ4n) is 0. The summed E-state index contributed by atoms with van der Waals surface area (Å²) >= 11 is 0. The fraction of sp³-hybridized carbons (Fsp3) is 0. The molecule has 0 saturated heterocycles. The topological polar surface area (TPSA) is 38.7 Å². The van der Waals surface area contributed by atoms with Gasteiger partial charge < -0.3 is 6.31 Å². The monoisotopic (exact) mass is 142 g/mol. The summed E-state index contributed by atoms with van der Waals surface area (Å²) in [5, 5.41) is 10.0. The Morgan fingerprint density at radius 3 is 1.67 bits per heavy atom. The van der Waals surface area contributed by atoms with E-state index in [1.165, 1.54) is 0 Å². The standard InChI is InChI=1S/CH3O3.2K.H/c1-3-4-2;;;/h2H,1H2;;;/q-1;2*+1;-1. The van der Waals surface area contributed by atoms with E-state index in [0.717, 1.165) is 0 Å². The Morgan fingerprint density at radius 2 is 1.67 bits per heavy atom. The summed E-state index contributed by atoms with van der Waals surface area (Å²) in [6.07, 6.45) is 0. The third-order valence-electron chi connectivity index (χ3n) is 0.0527. The van der Waals surface area contributed by atoms with Crippen LogP contribution in [0.3, 0.4) is 0 Å². The molecular weight excluding hydrogens is 138 g/mol. The Morgan fingerprint density at radius 1 is 1.50 bits per heavy atom. The molecule has 0 bridgehead atoms. The van der Waals surface area contributed by atoms with E-state index in [0.29, 0.717) is 0 Å². The van der Waals surface area contributed by atoms with Gasteiger partial charge in [-0.15, -0.1) is 5.04 Å². The maximum atomic E-state index is 7.09. The van der Waals surface area contributed by atoms with Gasteiger partial charge in [-0.1, -0.05) is 0 Å². The van der Waals surface area contributed by atoms with E-state index in [-0.39, 0.29) is 104 Å². The normalized spacial score (nSPS) is 5.00. The first kappa shape index (κ1) is 16.1. The number of hydrogen-bond acceptors (Lipinski definition) is 3. The van der Waals surface area contributed by atoms with Crippen molar-refractivity contribution in [3.05, 3.63) is 7.11 Å². The number of hydrogen-bond donors (Lipinski definition) is 1. The summed E-state index contributed by atoms with van der Waals surface area (Å²) in [5.74, 6) is 0. The molecular formula is CH4K2O3. The molecule has 0 aromatic rings. The van der Waals surface area contributed by atoms with Crippen molar-refractivity contribution in [2.75, 3.05) is 0 Å². The molecule has 3 nitrogen and oxygen atoms in total. The Hall–Kier alpha value is 3.15. The Kier molecular flexibility index (Phi) is 42.1. The van der Waals surface area contributed by atoms with Crippen molar-refractivity contribution in [3.8, 4) is 0 Å². The van der Waals surface area contributed by atoms with Gasteiger partial charge >= 0.3 is 103 Å². The van der Waals surface area contributed by atoms with Gasteiger partial charge in [0.1, 0.15) is 0 Å². The van der Waals surface area contributed by atoms with Gasteiger partial charge in [0.15, 0.2) is 0 Å². The van der Waals surface area contributed by atoms with Crippen molar-refractivity contribution in [2.24, 2.45) is 0 Å². The van der Waals surface area contributed by atoms with Crippen LogP contribution in [-0.4, -0.2) is 5.26 Å². The van der Waals surface area contributed by atoms with E-state index in [4.69, 9.17) is 5.26 Å². The van der Waals surface area contributed by atoms with Crippen LogP contribution in [0.2, 0.25) is 0 Å². The van der Waals surface area contributed by atoms with Crippen molar-refractivity contribution < 1.29 is 119 Å². The summed E-state index contributed by atoms with van der Waals surface area (Å²) in [5.41, 5.74) is 0. The third-order valence-corrected chi connectivity index (χ3v) is 0.0527. The molecule has 0 unspecified atom stereocenters. The van der Waals surface area contributed by atoms with Crippen LogP contribution in [0.4, 0.5) is 0 Å². The second-order valence-corrected chi connectivity index (χ2v) is 0.192. The zero-order valence-corrected chi connectivity index (χ0v) is 10.2. The van der Waals surface area contributed by atoms with Gasteiger partial charge in [-0.2, -0.15) is 7.11 Å². The van der Waals surface area contributed by atoms with Crippen LogP contribution in [0.5, 0.6) is 0 Å². The van der Waals surface area contributed by atoms with E-state index in [1.807, 2.05) is 0 Å². The largest absolute Gasteiger partial charge is 1.00 e. The molecule has 0 saturated carbocycles. The van der Waals surface area contributed by atoms with E-state index in [1.54, 1.807) is 0 Å². The van der Waals surface area contributed by atoms with Gasteiger partial charge in [0, 0.05) is 0 Å². The molecule has 28 valence electrons. The maximum Gasteiger partial charge on any atom is 1.00 e. The van der Waals surface area contributed by atoms with Crippen molar-refractivity contribution in [1.29, 1.82) is 0 Å². The second-order valence-electron chi connectivity index (χ2n) is 0.192. The van der Waals surface area contributed by atoms with E-state index < -0.39 is 0 Å². The molecule has 0 atom stereocenters. The number of rotatable bonds is 1. The fourth-order valence-corrected chi connectivity index (χ4v) is 0. The smallest absolute Gasteiger partial charge is 1.00 e. The van der Waals surface area contributed by atoms with Crippen LogP contribution in [0.1, 0.15) is 1.43 Å². The molecule has 0 rings (SSSR count). The van der Waals surface area contributed by atoms with Crippen LogP contribution in [-0.2, 0) is 9.93 Å². The average molecular weight is 142 g/mol. The van der Waals surface area contributed by atoms with Gasteiger partial charge in [0.25, 0.3) is 0 Å². The molecule has 1 N–H and O–H groups in total. The molecule has 6 heavy (non-hydrogen) atoms. The molecule has 0 amide bonds. The van der Waals surface area contributed by atoms with Gasteiger partial charge in [-0.05, 0) is 0 Å². The molecule has 0 aromatic heterocycles. The molecule has 5 heteroatoms. The van der Waals surface area contributed by atoms with Gasteiger partial charge in [0.2, 0.25) is 0 Å². The molecule has 0 aliphatic carbocycles. The summed E-state index contributed by atoms with van der Waals surface area (Å²) in [4.78, 5) is 3.35. The minimum absolute atomic E-state index is 0. The summed E-state index contributed by atoms with van der Waals surface area (Å²) in [7, 11) is 2.63. The minimum atomic E-state index is 0. The van der Waals surface area contributed by atoms with Crippen LogP contribution in [0.25, 0.3) is 0 Å². The molecule has 0 aromatic carbocycles. The first-order valence-corrected chi connectivity index (χ1v) is 0.638. The molecule has 0 aliphatic heterocycles. The van der Waals surface area contributed by atoms with E-state index in [2.05, 4.69) is 17.0 Å². The quantitative estimate of drug-likeness (QED) is 0.172. The Labute approximate surface area is 123 Å². The summed E-state index contributed by atoms with van der Waals surface area (Å²) in [6, 6.07) is 0. The maximum absolute atomic E-state index is 7.09. The molecule has 0 heterocycles. The Balaban J connectivity index is -0.0000000150. The predicted molar refractivity (Wildman–Crippen MR) is 11.3 cm³/mol. The van der Waals surface area contributed by atoms with E-state index >= 15 is 0 Å². The van der Waals surface area contributed by atoms with Gasteiger partial charge in [0.05, 0.1) is 0 Å². The molecule has 0 radical (unpaired) electrons. The summed E-state index contributed by atoms with van der Waals surface area (Å²) in [6.45, 7) is 0. The second kappa shape index (κ2) is 15.7. The van der Waals surface area contributed by atoms with Crippen molar-refractivity contribution in [1.82, 2.24) is 0 Å². The Bertz CT molecular complexity index is 14.9. The average Bonchev–Trinajstić information content (AvgIpc) is 1.37. The third kappa shape index (κ3) is 15.7. The van der Waals surface area contributed by atoms with E-state index in [9.17, 15) is 0 Å². The van der Waals surface area contributed by atoms with Gasteiger partial charge in [-0.3, -0.25) is 0 Å². The van der Waals surface area contributed by atoms with Crippen molar-refractivity contribution in [2.45, 2.75) is 0 Å². The van der Waals surface area contributed by atoms with Crippen LogP contribution >= 0.6 is 0 Å². The first-order chi connectivity index (χ1) is 1.91. The zero-order valence-electron chi connectivity index (χ0n) is 4.97. The zero-order chi connectivity index (χ0) is 3.41. The predicted octanol–water partition coefficient (Wildman–Crippen LogP) is -5.68. The van der Waals surface area contributed by atoms with Crippen molar-refractivity contribution >= 4 is 0 Å². The van der Waals surface area contributed by atoms with Crippen LogP contribution in [0.15, 0.2) is 0 Å². The molecule has 0 spiro atoms. The first-order valence-electron chi connectivity index (χ1n) is 0.638. The minimum Gasteiger partial charge on any atom is -1.00 e. The van der Waals surface area contributed by atoms with Crippen LogP contribution < -0.4 is 103 Å². The molecule has 0 fully saturated rings. The summed E-state index contributed by atoms with van der Waals surface area (Å²) < 4.78 is 0. The van der Waals surface area contributed by atoms with Gasteiger partial charge in [-0.25, -0.2) is 5.26 Å². The molecule has 0 aliphatic rings. The van der Waals surface area contributed by atoms with Crippen LogP contribution in [0, 0.1) is 7.11 Å². The SMILES string of the molecule is [CH2-]OOO.[H-].[K+].[K+].